The minimum atomic E-state index is -1.26. The summed E-state index contributed by atoms with van der Waals surface area (Å²) in [5.74, 6) is 4.51. The SMILES string of the molecule is NC(=O)N(N)O[N+](=O)[O-]. The molecule has 0 bridgehead atoms. The van der Waals surface area contributed by atoms with Crippen LogP contribution in [0.2, 0.25) is 0 Å². The summed E-state index contributed by atoms with van der Waals surface area (Å²) in [6, 6.07) is -1.24. The van der Waals surface area contributed by atoms with Gasteiger partial charge in [0, 0.05) is 0 Å². The average molecular weight is 136 g/mol. The van der Waals surface area contributed by atoms with E-state index >= 15 is 0 Å². The monoisotopic (exact) mass is 136 g/mol. The number of nitrogens with zero attached hydrogens (tertiary/aromatic N) is 2. The van der Waals surface area contributed by atoms with Crippen molar-refractivity contribution in [2.24, 2.45) is 11.6 Å². The number of carbonyl (C=O) groups is 1. The van der Waals surface area contributed by atoms with Gasteiger partial charge in [-0.05, 0) is 0 Å². The molecular weight excluding hydrogens is 132 g/mol. The van der Waals surface area contributed by atoms with Crippen molar-refractivity contribution in [3.8, 4) is 0 Å². The van der Waals surface area contributed by atoms with Gasteiger partial charge in [0.05, 0.1) is 0 Å². The van der Waals surface area contributed by atoms with E-state index in [1.54, 1.807) is 0 Å². The summed E-state index contributed by atoms with van der Waals surface area (Å²) in [6.45, 7) is 0. The van der Waals surface area contributed by atoms with E-state index < -0.39 is 11.1 Å². The van der Waals surface area contributed by atoms with Gasteiger partial charge < -0.3 is 5.73 Å². The zero-order valence-corrected chi connectivity index (χ0v) is 4.18. The molecule has 0 aromatic rings. The molecule has 4 N–H and O–H groups in total. The molecule has 8 nitrogen and oxygen atoms in total. The molecule has 8 heteroatoms. The molecule has 0 aliphatic carbocycles. The first kappa shape index (κ1) is 7.43. The molecule has 0 aromatic heterocycles. The molecule has 52 valence electrons. The fourth-order valence-electron chi connectivity index (χ4n) is 0.112. The number of amides is 2. The predicted molar refractivity (Wildman–Crippen MR) is 23.7 cm³/mol. The van der Waals surface area contributed by atoms with Crippen LogP contribution in [0.4, 0.5) is 4.79 Å². The van der Waals surface area contributed by atoms with Crippen LogP contribution < -0.4 is 11.6 Å². The van der Waals surface area contributed by atoms with Gasteiger partial charge in [-0.1, -0.05) is 5.17 Å². The maximum absolute atomic E-state index is 9.83. The van der Waals surface area contributed by atoms with Crippen molar-refractivity contribution in [3.63, 3.8) is 0 Å². The van der Waals surface area contributed by atoms with E-state index in [2.05, 4.69) is 16.5 Å². The number of nitrogens with two attached hydrogens (primary N) is 2. The Hall–Kier alpha value is -1.57. The number of primary amides is 1. The van der Waals surface area contributed by atoms with Crippen molar-refractivity contribution in [1.29, 1.82) is 0 Å². The second kappa shape index (κ2) is 2.67. The van der Waals surface area contributed by atoms with Crippen LogP contribution in [0, 0.1) is 10.1 Å². The van der Waals surface area contributed by atoms with Gasteiger partial charge in [-0.15, -0.1) is 10.1 Å². The highest BCUT2D eigenvalue weighted by atomic mass is 17.0. The lowest BCUT2D eigenvalue weighted by molar-refractivity contribution is -0.804. The Bertz CT molecular complexity index is 133. The zero-order valence-electron chi connectivity index (χ0n) is 4.18. The topological polar surface area (TPSA) is 125 Å². The Balaban J connectivity index is 3.63. The van der Waals surface area contributed by atoms with Crippen molar-refractivity contribution in [2.45, 2.75) is 0 Å². The van der Waals surface area contributed by atoms with Crippen LogP contribution in [-0.4, -0.2) is 16.3 Å². The molecule has 0 fully saturated rings. The van der Waals surface area contributed by atoms with Crippen LogP contribution in [0.1, 0.15) is 0 Å². The number of hydrogen-bond acceptors (Lipinski definition) is 5. The molecule has 0 spiro atoms. The lowest BCUT2D eigenvalue weighted by Gasteiger charge is -2.06. The molecule has 0 aromatic carbocycles. The number of rotatable bonds is 2. The third-order valence-electron chi connectivity index (χ3n) is 0.372. The fourth-order valence-corrected chi connectivity index (χ4v) is 0.112. The smallest absolute Gasteiger partial charge is 0.349 e. The van der Waals surface area contributed by atoms with Crippen molar-refractivity contribution < 1.29 is 14.8 Å². The first-order chi connectivity index (χ1) is 4.04. The predicted octanol–water partition coefficient (Wildman–Crippen LogP) is -1.64. The van der Waals surface area contributed by atoms with Gasteiger partial charge in [0.15, 0.2) is 0 Å². The van der Waals surface area contributed by atoms with E-state index in [4.69, 9.17) is 0 Å². The normalized spacial score (nSPS) is 8.11. The van der Waals surface area contributed by atoms with Crippen LogP contribution in [0.15, 0.2) is 0 Å². The van der Waals surface area contributed by atoms with Crippen LogP contribution >= 0.6 is 0 Å². The van der Waals surface area contributed by atoms with E-state index in [0.29, 0.717) is 0 Å². The minimum Gasteiger partial charge on any atom is -0.349 e. The Morgan fingerprint density at radius 3 is 2.33 bits per heavy atom. The molecule has 2 amide bonds. The third kappa shape index (κ3) is 3.05. The van der Waals surface area contributed by atoms with E-state index in [-0.39, 0.29) is 5.17 Å². The highest BCUT2D eigenvalue weighted by Gasteiger charge is 2.07. The number of hydrazine groups is 1. The molecular formula is CH4N4O4. The lowest BCUT2D eigenvalue weighted by Crippen LogP contribution is -2.42. The Labute approximate surface area is 49.0 Å². The standard InChI is InChI=1S/CH4N4O4/c2-1(6)4(3)9-5(7)8/h3H2,(H2,2,6). The Kier molecular flexibility index (Phi) is 2.20. The largest absolute Gasteiger partial charge is 0.353 e. The second-order valence-electron chi connectivity index (χ2n) is 0.969. The maximum Gasteiger partial charge on any atom is 0.353 e. The number of urea groups is 1. The molecule has 0 saturated heterocycles. The van der Waals surface area contributed by atoms with Gasteiger partial charge in [-0.3, -0.25) is 0 Å². The van der Waals surface area contributed by atoms with Crippen molar-refractivity contribution in [2.75, 3.05) is 0 Å². The van der Waals surface area contributed by atoms with Gasteiger partial charge >= 0.3 is 11.1 Å². The number of hydrogen-bond donors (Lipinski definition) is 2. The summed E-state index contributed by atoms with van der Waals surface area (Å²) in [4.78, 5) is 22.6. The van der Waals surface area contributed by atoms with Gasteiger partial charge in [-0.2, -0.15) is 4.94 Å². The summed E-state index contributed by atoms with van der Waals surface area (Å²) < 4.78 is 0. The van der Waals surface area contributed by atoms with Gasteiger partial charge in [0.1, 0.15) is 0 Å². The molecule has 0 unspecified atom stereocenters. The minimum absolute atomic E-state index is 0.194. The van der Waals surface area contributed by atoms with Gasteiger partial charge in [0.25, 0.3) is 0 Å². The molecule has 9 heavy (non-hydrogen) atoms. The van der Waals surface area contributed by atoms with Crippen LogP contribution in [0.3, 0.4) is 0 Å². The zero-order chi connectivity index (χ0) is 7.44. The van der Waals surface area contributed by atoms with E-state index in [1.165, 1.54) is 0 Å². The summed E-state index contributed by atoms with van der Waals surface area (Å²) in [7, 11) is 0. The Morgan fingerprint density at radius 2 is 2.22 bits per heavy atom. The first-order valence-electron chi connectivity index (χ1n) is 1.70. The van der Waals surface area contributed by atoms with Crippen molar-refractivity contribution >= 4 is 6.03 Å². The summed E-state index contributed by atoms with van der Waals surface area (Å²) >= 11 is 0. The first-order valence-corrected chi connectivity index (χ1v) is 1.70. The van der Waals surface area contributed by atoms with Crippen molar-refractivity contribution in [3.05, 3.63) is 10.1 Å². The van der Waals surface area contributed by atoms with E-state index in [1.807, 2.05) is 0 Å². The van der Waals surface area contributed by atoms with Crippen LogP contribution in [0.25, 0.3) is 0 Å². The molecule has 0 saturated carbocycles. The highest BCUT2D eigenvalue weighted by molar-refractivity contribution is 5.69. The molecule has 0 radical (unpaired) electrons. The molecule has 0 atom stereocenters. The highest BCUT2D eigenvalue weighted by Crippen LogP contribution is 1.78. The lowest BCUT2D eigenvalue weighted by atomic mass is 11.1. The van der Waals surface area contributed by atoms with Crippen LogP contribution in [-0.2, 0) is 4.94 Å². The van der Waals surface area contributed by atoms with Gasteiger partial charge in [0.2, 0.25) is 0 Å². The van der Waals surface area contributed by atoms with Crippen LogP contribution in [0.5, 0.6) is 0 Å². The summed E-state index contributed by atoms with van der Waals surface area (Å²) in [5.41, 5.74) is 4.42. The Morgan fingerprint density at radius 1 is 1.78 bits per heavy atom. The number of carbonyl (C=O) groups excluding carboxylic acids is 1. The molecule has 0 heterocycles. The summed E-state index contributed by atoms with van der Waals surface area (Å²) in [6.07, 6.45) is 0. The average Bonchev–Trinajstić information content (AvgIpc) is 1.63. The molecule has 0 rings (SSSR count). The summed E-state index contributed by atoms with van der Waals surface area (Å²) in [5, 5.41) is 7.91. The quantitative estimate of drug-likeness (QED) is 0.204. The van der Waals surface area contributed by atoms with Gasteiger partial charge in [-0.25, -0.2) is 10.6 Å². The number of hydroxylamine groups is 1. The van der Waals surface area contributed by atoms with E-state index in [9.17, 15) is 14.9 Å². The second-order valence-corrected chi connectivity index (χ2v) is 0.969. The third-order valence-corrected chi connectivity index (χ3v) is 0.372. The molecule has 0 aliphatic heterocycles. The van der Waals surface area contributed by atoms with E-state index in [0.717, 1.165) is 0 Å². The van der Waals surface area contributed by atoms with Crippen molar-refractivity contribution in [1.82, 2.24) is 5.17 Å². The maximum atomic E-state index is 9.83. The fraction of sp³-hybridized carbons (Fsp3) is 0. The molecule has 0 aliphatic rings.